The van der Waals surface area contributed by atoms with E-state index < -0.39 is 0 Å². The van der Waals surface area contributed by atoms with Gasteiger partial charge in [0.25, 0.3) is 0 Å². The monoisotopic (exact) mass is 472 g/mol. The van der Waals surface area contributed by atoms with Gasteiger partial charge in [-0.05, 0) is 12.5 Å². The van der Waals surface area contributed by atoms with Crippen LogP contribution < -0.4 is 9.91 Å². The lowest BCUT2D eigenvalue weighted by Gasteiger charge is -2.30. The third kappa shape index (κ3) is 4.06. The van der Waals surface area contributed by atoms with Crippen LogP contribution >= 0.6 is 0 Å². The summed E-state index contributed by atoms with van der Waals surface area (Å²) >= 11 is 0. The molecule has 9 nitrogen and oxygen atoms in total. The van der Waals surface area contributed by atoms with Crippen LogP contribution in [0.4, 0.5) is 11.5 Å². The number of hydrazone groups is 1. The molecule has 5 heterocycles. The average molecular weight is 473 g/mol. The van der Waals surface area contributed by atoms with Crippen LogP contribution in [0.3, 0.4) is 0 Å². The Hall–Kier alpha value is -3.69. The van der Waals surface area contributed by atoms with Crippen LogP contribution in [0.1, 0.15) is 17.5 Å². The zero-order chi connectivity index (χ0) is 23.9. The Labute approximate surface area is 203 Å². The van der Waals surface area contributed by atoms with Gasteiger partial charge in [0.15, 0.2) is 11.4 Å². The number of pyridine rings is 1. The highest BCUT2D eigenvalue weighted by molar-refractivity contribution is 6.03. The van der Waals surface area contributed by atoms with E-state index in [1.54, 1.807) is 10.9 Å². The van der Waals surface area contributed by atoms with Crippen molar-refractivity contribution in [3.8, 4) is 11.3 Å². The van der Waals surface area contributed by atoms with E-state index in [1.165, 1.54) is 5.56 Å². The number of fused-ring (bicyclic) bond motifs is 1. The molecule has 0 bridgehead atoms. The molecule has 2 aliphatic heterocycles. The second-order valence-corrected chi connectivity index (χ2v) is 9.13. The number of aryl methyl sites for hydroxylation is 2. The van der Waals surface area contributed by atoms with Crippen molar-refractivity contribution in [1.82, 2.24) is 14.8 Å². The summed E-state index contributed by atoms with van der Waals surface area (Å²) < 4.78 is 13.7. The summed E-state index contributed by atoms with van der Waals surface area (Å²) in [4.78, 5) is 7.21. The fraction of sp³-hybridized carbons (Fsp3) is 0.346. The van der Waals surface area contributed by atoms with Gasteiger partial charge in [-0.3, -0.25) is 4.68 Å². The van der Waals surface area contributed by atoms with E-state index in [9.17, 15) is 5.11 Å². The Morgan fingerprint density at radius 1 is 1.11 bits per heavy atom. The van der Waals surface area contributed by atoms with Crippen molar-refractivity contribution < 1.29 is 14.3 Å². The predicted molar refractivity (Wildman–Crippen MR) is 135 cm³/mol. The molecular formula is C26H28N6O3. The van der Waals surface area contributed by atoms with Crippen molar-refractivity contribution in [2.24, 2.45) is 12.1 Å². The second kappa shape index (κ2) is 8.83. The molecule has 1 aromatic carbocycles. The molecule has 4 aromatic rings. The van der Waals surface area contributed by atoms with Crippen molar-refractivity contribution in [1.29, 1.82) is 0 Å². The maximum absolute atomic E-state index is 10.2. The van der Waals surface area contributed by atoms with Gasteiger partial charge in [0.2, 0.25) is 0 Å². The summed E-state index contributed by atoms with van der Waals surface area (Å²) in [5.41, 5.74) is 6.54. The number of nitrogens with zero attached hydrogens (tertiary/aromatic N) is 6. The summed E-state index contributed by atoms with van der Waals surface area (Å²) in [6, 6.07) is 12.1. The molecule has 3 aromatic heterocycles. The first-order chi connectivity index (χ1) is 17.1. The number of morpholine rings is 1. The van der Waals surface area contributed by atoms with Gasteiger partial charge in [0.1, 0.15) is 11.3 Å². The molecule has 0 radical (unpaired) electrons. The van der Waals surface area contributed by atoms with Gasteiger partial charge in [0.05, 0.1) is 49.0 Å². The lowest BCUT2D eigenvalue weighted by molar-refractivity contribution is 0.122. The molecule has 1 fully saturated rings. The first-order valence-corrected chi connectivity index (χ1v) is 11.9. The maximum Gasteiger partial charge on any atom is 0.176 e. The molecule has 35 heavy (non-hydrogen) atoms. The summed E-state index contributed by atoms with van der Waals surface area (Å²) in [6.07, 6.45) is 4.36. The number of hydrogen-bond donors (Lipinski definition) is 1. The highest BCUT2D eigenvalue weighted by atomic mass is 16.5. The Morgan fingerprint density at radius 2 is 1.97 bits per heavy atom. The number of aliphatic hydroxyl groups is 1. The predicted octanol–water partition coefficient (Wildman–Crippen LogP) is 3.35. The number of rotatable bonds is 5. The van der Waals surface area contributed by atoms with Crippen molar-refractivity contribution in [3.05, 3.63) is 59.9 Å². The first-order valence-electron chi connectivity index (χ1n) is 11.9. The molecule has 2 aliphatic rings. The van der Waals surface area contributed by atoms with Crippen LogP contribution in [0, 0.1) is 6.92 Å². The third-order valence-corrected chi connectivity index (χ3v) is 6.59. The molecule has 6 rings (SSSR count). The van der Waals surface area contributed by atoms with Crippen molar-refractivity contribution in [2.75, 3.05) is 42.8 Å². The molecule has 1 saturated heterocycles. The fourth-order valence-corrected chi connectivity index (χ4v) is 4.78. The van der Waals surface area contributed by atoms with Crippen LogP contribution in [-0.4, -0.2) is 64.5 Å². The van der Waals surface area contributed by atoms with Crippen LogP contribution in [0.15, 0.2) is 58.3 Å². The van der Waals surface area contributed by atoms with Gasteiger partial charge < -0.3 is 19.2 Å². The molecule has 180 valence electrons. The first kappa shape index (κ1) is 21.8. The lowest BCUT2D eigenvalue weighted by Crippen LogP contribution is -2.36. The summed E-state index contributed by atoms with van der Waals surface area (Å²) in [6.45, 7) is 4.91. The third-order valence-electron chi connectivity index (χ3n) is 6.59. The summed E-state index contributed by atoms with van der Waals surface area (Å²) in [7, 11) is 1.88. The number of ether oxygens (including phenoxy) is 1. The SMILES string of the molecule is Cc1cccc(C2=NN(c3cc(N4CCOCC4)c4oc(-c5cnn(C)c5)cc4n3)C(CO)C2)c1. The highest BCUT2D eigenvalue weighted by Crippen LogP contribution is 2.37. The number of benzene rings is 1. The lowest BCUT2D eigenvalue weighted by atomic mass is 10.0. The molecular weight excluding hydrogens is 444 g/mol. The van der Waals surface area contributed by atoms with E-state index in [4.69, 9.17) is 19.2 Å². The van der Waals surface area contributed by atoms with E-state index in [1.807, 2.05) is 36.5 Å². The van der Waals surface area contributed by atoms with E-state index in [0.717, 1.165) is 52.5 Å². The largest absolute Gasteiger partial charge is 0.452 e. The Balaban J connectivity index is 1.46. The standard InChI is InChI=1S/C26H28N6O3/c1-17-4-3-5-18(10-17)21-11-20(16-33)32(29-21)25-13-23(31-6-8-34-9-7-31)26-22(28-25)12-24(35-26)19-14-27-30(2)15-19/h3-5,10,12-15,20,33H,6-9,11,16H2,1-2H3. The molecule has 1 atom stereocenters. The average Bonchev–Trinajstić information content (AvgIpc) is 3.61. The molecule has 1 N–H and O–H groups in total. The van der Waals surface area contributed by atoms with Gasteiger partial charge in [0, 0.05) is 44.9 Å². The quantitative estimate of drug-likeness (QED) is 0.476. The van der Waals surface area contributed by atoms with Crippen LogP contribution in [-0.2, 0) is 11.8 Å². The summed E-state index contributed by atoms with van der Waals surface area (Å²) in [5.74, 6) is 1.41. The van der Waals surface area contributed by atoms with E-state index in [-0.39, 0.29) is 12.6 Å². The van der Waals surface area contributed by atoms with Crippen molar-refractivity contribution in [3.63, 3.8) is 0 Å². The van der Waals surface area contributed by atoms with E-state index in [2.05, 4.69) is 35.1 Å². The van der Waals surface area contributed by atoms with E-state index >= 15 is 0 Å². The molecule has 0 aliphatic carbocycles. The normalized spacial score (nSPS) is 18.5. The second-order valence-electron chi connectivity index (χ2n) is 9.13. The number of anilines is 2. The molecule has 0 amide bonds. The zero-order valence-corrected chi connectivity index (χ0v) is 19.9. The Kier molecular flexibility index (Phi) is 5.50. The minimum absolute atomic E-state index is 0.0161. The van der Waals surface area contributed by atoms with Crippen LogP contribution in [0.2, 0.25) is 0 Å². The van der Waals surface area contributed by atoms with Gasteiger partial charge in [-0.2, -0.15) is 10.2 Å². The highest BCUT2D eigenvalue weighted by Gasteiger charge is 2.31. The smallest absolute Gasteiger partial charge is 0.176 e. The molecule has 0 spiro atoms. The fourth-order valence-electron chi connectivity index (χ4n) is 4.78. The van der Waals surface area contributed by atoms with Gasteiger partial charge >= 0.3 is 0 Å². The minimum Gasteiger partial charge on any atom is -0.452 e. The van der Waals surface area contributed by atoms with Gasteiger partial charge in [-0.1, -0.05) is 29.8 Å². The topological polar surface area (TPSA) is 92.2 Å². The zero-order valence-electron chi connectivity index (χ0n) is 19.9. The molecule has 9 heteroatoms. The van der Waals surface area contributed by atoms with Crippen molar-refractivity contribution >= 4 is 28.3 Å². The summed E-state index contributed by atoms with van der Waals surface area (Å²) in [5, 5.41) is 21.3. The van der Waals surface area contributed by atoms with Crippen molar-refractivity contribution in [2.45, 2.75) is 19.4 Å². The van der Waals surface area contributed by atoms with Gasteiger partial charge in [-0.25, -0.2) is 9.99 Å². The van der Waals surface area contributed by atoms with Crippen LogP contribution in [0.5, 0.6) is 0 Å². The van der Waals surface area contributed by atoms with Crippen LogP contribution in [0.25, 0.3) is 22.4 Å². The molecule has 1 unspecified atom stereocenters. The number of hydrogen-bond acceptors (Lipinski definition) is 8. The Morgan fingerprint density at radius 3 is 2.71 bits per heavy atom. The Bertz CT molecular complexity index is 1400. The van der Waals surface area contributed by atoms with E-state index in [0.29, 0.717) is 25.5 Å². The number of aromatic nitrogens is 3. The number of aliphatic hydroxyl groups excluding tert-OH is 1. The minimum atomic E-state index is -0.183. The maximum atomic E-state index is 10.2. The van der Waals surface area contributed by atoms with Gasteiger partial charge in [-0.15, -0.1) is 0 Å². The molecule has 0 saturated carbocycles. The number of furan rings is 1.